The van der Waals surface area contributed by atoms with Crippen LogP contribution in [0.4, 0.5) is 9.18 Å². The first kappa shape index (κ1) is 13.7. The SMILES string of the molecule is CC(C)(C)OC(=O)N[C@H](CCF)C(=O)O. The van der Waals surface area contributed by atoms with E-state index in [0.717, 1.165) is 0 Å². The van der Waals surface area contributed by atoms with Crippen LogP contribution in [0.1, 0.15) is 27.2 Å². The van der Waals surface area contributed by atoms with Gasteiger partial charge >= 0.3 is 12.1 Å². The Morgan fingerprint density at radius 1 is 1.47 bits per heavy atom. The second-order valence-corrected chi connectivity index (χ2v) is 4.01. The van der Waals surface area contributed by atoms with Gasteiger partial charge in [-0.15, -0.1) is 0 Å². The van der Waals surface area contributed by atoms with Crippen molar-refractivity contribution >= 4 is 12.1 Å². The minimum absolute atomic E-state index is 0.269. The third kappa shape index (κ3) is 6.70. The molecule has 0 heterocycles. The zero-order chi connectivity index (χ0) is 12.1. The molecule has 0 rings (SSSR count). The number of carbonyl (C=O) groups excluding carboxylic acids is 1. The molecule has 0 saturated heterocycles. The number of ether oxygens (including phenoxy) is 1. The van der Waals surface area contributed by atoms with Crippen LogP contribution in [0.15, 0.2) is 0 Å². The number of alkyl carbamates (subject to hydrolysis) is 1. The summed E-state index contributed by atoms with van der Waals surface area (Å²) in [7, 11) is 0. The number of carboxylic acid groups (broad SMARTS) is 1. The Kier molecular flexibility index (Phi) is 5.04. The van der Waals surface area contributed by atoms with E-state index in [1.54, 1.807) is 20.8 Å². The van der Waals surface area contributed by atoms with Crippen LogP contribution in [0.2, 0.25) is 0 Å². The number of rotatable bonds is 4. The summed E-state index contributed by atoms with van der Waals surface area (Å²) in [5.74, 6) is -1.28. The van der Waals surface area contributed by atoms with Crippen LogP contribution < -0.4 is 5.32 Å². The Labute approximate surface area is 87.6 Å². The zero-order valence-electron chi connectivity index (χ0n) is 9.04. The Morgan fingerprint density at radius 3 is 2.33 bits per heavy atom. The number of hydrogen-bond donors (Lipinski definition) is 2. The molecule has 0 aromatic carbocycles. The van der Waals surface area contributed by atoms with Crippen LogP contribution in [0, 0.1) is 0 Å². The standard InChI is InChI=1S/C9H16FNO4/c1-9(2,3)15-8(14)11-6(4-5-10)7(12)13/h6H,4-5H2,1-3H3,(H,11,14)(H,12,13)/t6-/m1/s1. The van der Waals surface area contributed by atoms with Crippen molar-refractivity contribution in [2.75, 3.05) is 6.67 Å². The van der Waals surface area contributed by atoms with Crippen molar-refractivity contribution in [1.82, 2.24) is 5.32 Å². The molecule has 15 heavy (non-hydrogen) atoms. The molecule has 0 aliphatic heterocycles. The number of aliphatic carboxylic acids is 1. The van der Waals surface area contributed by atoms with Crippen molar-refractivity contribution in [3.63, 3.8) is 0 Å². The molecule has 0 unspecified atom stereocenters. The predicted octanol–water partition coefficient (Wildman–Crippen LogP) is 1.32. The monoisotopic (exact) mass is 221 g/mol. The van der Waals surface area contributed by atoms with E-state index in [1.165, 1.54) is 0 Å². The number of carboxylic acids is 1. The van der Waals surface area contributed by atoms with Crippen molar-refractivity contribution in [2.24, 2.45) is 0 Å². The second kappa shape index (κ2) is 5.53. The van der Waals surface area contributed by atoms with Gasteiger partial charge in [-0.3, -0.25) is 4.39 Å². The van der Waals surface area contributed by atoms with E-state index in [0.29, 0.717) is 0 Å². The first-order valence-corrected chi connectivity index (χ1v) is 4.54. The lowest BCUT2D eigenvalue weighted by Gasteiger charge is -2.21. The molecular weight excluding hydrogens is 205 g/mol. The Hall–Kier alpha value is -1.33. The number of hydrogen-bond acceptors (Lipinski definition) is 3. The number of alkyl halides is 1. The van der Waals surface area contributed by atoms with E-state index >= 15 is 0 Å². The van der Waals surface area contributed by atoms with Gasteiger partial charge < -0.3 is 15.2 Å². The average molecular weight is 221 g/mol. The van der Waals surface area contributed by atoms with Gasteiger partial charge in [-0.05, 0) is 20.8 Å². The lowest BCUT2D eigenvalue weighted by molar-refractivity contribution is -0.139. The Bertz CT molecular complexity index is 237. The van der Waals surface area contributed by atoms with Crippen molar-refractivity contribution in [1.29, 1.82) is 0 Å². The predicted molar refractivity (Wildman–Crippen MR) is 51.4 cm³/mol. The van der Waals surface area contributed by atoms with Gasteiger partial charge in [-0.2, -0.15) is 0 Å². The van der Waals surface area contributed by atoms with Crippen molar-refractivity contribution in [3.05, 3.63) is 0 Å². The van der Waals surface area contributed by atoms with Gasteiger partial charge in [-0.1, -0.05) is 0 Å². The largest absolute Gasteiger partial charge is 0.480 e. The van der Waals surface area contributed by atoms with E-state index < -0.39 is 30.4 Å². The maximum Gasteiger partial charge on any atom is 0.408 e. The fourth-order valence-corrected chi connectivity index (χ4v) is 0.816. The first-order chi connectivity index (χ1) is 6.76. The molecule has 0 aromatic heterocycles. The lowest BCUT2D eigenvalue weighted by Crippen LogP contribution is -2.43. The quantitative estimate of drug-likeness (QED) is 0.750. The number of halogens is 1. The van der Waals surface area contributed by atoms with Crippen LogP contribution >= 0.6 is 0 Å². The number of nitrogens with one attached hydrogen (secondary N) is 1. The van der Waals surface area contributed by atoms with Gasteiger partial charge in [0.15, 0.2) is 0 Å². The minimum atomic E-state index is -1.28. The molecule has 5 nitrogen and oxygen atoms in total. The van der Waals surface area contributed by atoms with Gasteiger partial charge in [0.2, 0.25) is 0 Å². The molecule has 0 aliphatic rings. The molecule has 0 aromatic rings. The van der Waals surface area contributed by atoms with Gasteiger partial charge in [0.1, 0.15) is 11.6 Å². The summed E-state index contributed by atoms with van der Waals surface area (Å²) in [6, 6.07) is -1.25. The zero-order valence-corrected chi connectivity index (χ0v) is 9.04. The summed E-state index contributed by atoms with van der Waals surface area (Å²) in [6.07, 6.45) is -1.13. The Morgan fingerprint density at radius 2 is 2.00 bits per heavy atom. The van der Waals surface area contributed by atoms with Crippen LogP contribution in [-0.4, -0.2) is 35.5 Å². The van der Waals surface area contributed by atoms with Crippen LogP contribution in [0.25, 0.3) is 0 Å². The molecule has 0 fully saturated rings. The number of amides is 1. The fraction of sp³-hybridized carbons (Fsp3) is 0.778. The maximum atomic E-state index is 11.9. The molecule has 0 aliphatic carbocycles. The fourth-order valence-electron chi connectivity index (χ4n) is 0.816. The topological polar surface area (TPSA) is 75.6 Å². The smallest absolute Gasteiger partial charge is 0.408 e. The van der Waals surface area contributed by atoms with E-state index in [2.05, 4.69) is 5.32 Å². The molecule has 1 amide bonds. The summed E-state index contributed by atoms with van der Waals surface area (Å²) in [5, 5.41) is 10.7. The first-order valence-electron chi connectivity index (χ1n) is 4.54. The normalized spacial score (nSPS) is 13.1. The van der Waals surface area contributed by atoms with Crippen molar-refractivity contribution in [2.45, 2.75) is 38.8 Å². The van der Waals surface area contributed by atoms with Gasteiger partial charge in [0.25, 0.3) is 0 Å². The average Bonchev–Trinajstić information content (AvgIpc) is 1.99. The summed E-state index contributed by atoms with van der Waals surface area (Å²) < 4.78 is 16.8. The molecule has 1 atom stereocenters. The molecule has 0 radical (unpaired) electrons. The second-order valence-electron chi connectivity index (χ2n) is 4.01. The van der Waals surface area contributed by atoms with Gasteiger partial charge in [-0.25, -0.2) is 9.59 Å². The highest BCUT2D eigenvalue weighted by molar-refractivity contribution is 5.79. The van der Waals surface area contributed by atoms with Crippen molar-refractivity contribution < 1.29 is 23.8 Å². The highest BCUT2D eigenvalue weighted by Crippen LogP contribution is 2.07. The molecule has 88 valence electrons. The molecular formula is C9H16FNO4. The molecule has 2 N–H and O–H groups in total. The van der Waals surface area contributed by atoms with Gasteiger partial charge in [0.05, 0.1) is 6.67 Å². The molecule has 0 spiro atoms. The molecule has 0 bridgehead atoms. The third-order valence-electron chi connectivity index (χ3n) is 1.39. The van der Waals surface area contributed by atoms with Crippen LogP contribution in [0.5, 0.6) is 0 Å². The van der Waals surface area contributed by atoms with E-state index in [9.17, 15) is 14.0 Å². The Balaban J connectivity index is 4.18. The van der Waals surface area contributed by atoms with Gasteiger partial charge in [0, 0.05) is 6.42 Å². The summed E-state index contributed by atoms with van der Waals surface area (Å²) in [4.78, 5) is 21.7. The van der Waals surface area contributed by atoms with Crippen LogP contribution in [-0.2, 0) is 9.53 Å². The molecule has 0 saturated carbocycles. The molecule has 6 heteroatoms. The maximum absolute atomic E-state index is 11.9. The third-order valence-corrected chi connectivity index (χ3v) is 1.39. The summed E-state index contributed by atoms with van der Waals surface area (Å²) >= 11 is 0. The summed E-state index contributed by atoms with van der Waals surface area (Å²) in [6.45, 7) is 4.14. The lowest BCUT2D eigenvalue weighted by atomic mass is 10.2. The minimum Gasteiger partial charge on any atom is -0.480 e. The van der Waals surface area contributed by atoms with E-state index in [1.807, 2.05) is 0 Å². The van der Waals surface area contributed by atoms with Crippen molar-refractivity contribution in [3.8, 4) is 0 Å². The van der Waals surface area contributed by atoms with E-state index in [-0.39, 0.29) is 6.42 Å². The van der Waals surface area contributed by atoms with Crippen LogP contribution in [0.3, 0.4) is 0 Å². The summed E-state index contributed by atoms with van der Waals surface area (Å²) in [5.41, 5.74) is -0.706. The highest BCUT2D eigenvalue weighted by atomic mass is 19.1. The van der Waals surface area contributed by atoms with E-state index in [4.69, 9.17) is 9.84 Å². The highest BCUT2D eigenvalue weighted by Gasteiger charge is 2.23. The number of carbonyl (C=O) groups is 2.